The fourth-order valence-electron chi connectivity index (χ4n) is 1.58. The van der Waals surface area contributed by atoms with Crippen molar-refractivity contribution < 1.29 is 9.59 Å². The van der Waals surface area contributed by atoms with Crippen LogP contribution < -0.4 is 11.1 Å². The van der Waals surface area contributed by atoms with Gasteiger partial charge in [-0.25, -0.2) is 4.98 Å². The van der Waals surface area contributed by atoms with Gasteiger partial charge in [0.2, 0.25) is 11.7 Å². The summed E-state index contributed by atoms with van der Waals surface area (Å²) in [5, 5.41) is 9.03. The molecule has 1 aromatic carbocycles. The maximum atomic E-state index is 11.9. The fourth-order valence-corrected chi connectivity index (χ4v) is 1.58. The van der Waals surface area contributed by atoms with Crippen LogP contribution in [0.5, 0.6) is 0 Å². The zero-order valence-corrected chi connectivity index (χ0v) is 10.5. The Morgan fingerprint density at radius 3 is 2.58 bits per heavy atom. The number of carbonyl (C=O) groups excluding carboxylic acids is 2. The van der Waals surface area contributed by atoms with E-state index in [1.807, 2.05) is 0 Å². The summed E-state index contributed by atoms with van der Waals surface area (Å²) in [6.07, 6.45) is 0. The summed E-state index contributed by atoms with van der Waals surface area (Å²) in [6.45, 7) is 3.47. The number of H-pyrrole nitrogens is 1. The molecular weight excluding hydrogens is 246 g/mol. The summed E-state index contributed by atoms with van der Waals surface area (Å²) in [6, 6.07) is 4.78. The lowest BCUT2D eigenvalue weighted by Gasteiger charge is -2.07. The molecule has 7 heteroatoms. The van der Waals surface area contributed by atoms with E-state index in [0.717, 1.165) is 5.56 Å². The summed E-state index contributed by atoms with van der Waals surface area (Å²) in [5.74, 6) is -0.299. The lowest BCUT2D eigenvalue weighted by atomic mass is 10.1. The largest absolute Gasteiger partial charge is 0.366 e. The Hall–Kier alpha value is -2.70. The molecule has 1 aromatic heterocycles. The normalized spacial score (nSPS) is 10.2. The predicted octanol–water partition coefficient (Wildman–Crippen LogP) is 0.773. The van der Waals surface area contributed by atoms with E-state index in [1.165, 1.54) is 0 Å². The van der Waals surface area contributed by atoms with Gasteiger partial charge in [-0.1, -0.05) is 0 Å². The first-order valence-electron chi connectivity index (χ1n) is 5.58. The van der Waals surface area contributed by atoms with Crippen LogP contribution >= 0.6 is 0 Å². The quantitative estimate of drug-likeness (QED) is 0.755. The number of aromatic nitrogens is 3. The van der Waals surface area contributed by atoms with Crippen LogP contribution in [-0.4, -0.2) is 27.0 Å². The second-order valence-electron chi connectivity index (χ2n) is 4.09. The summed E-state index contributed by atoms with van der Waals surface area (Å²) in [7, 11) is 0. The number of rotatable bonds is 3. The molecule has 2 rings (SSSR count). The van der Waals surface area contributed by atoms with Crippen molar-refractivity contribution in [3.8, 4) is 0 Å². The molecule has 98 valence electrons. The third-order valence-electron chi connectivity index (χ3n) is 2.56. The van der Waals surface area contributed by atoms with E-state index in [9.17, 15) is 9.59 Å². The molecule has 0 atom stereocenters. The Balaban J connectivity index is 2.20. The third kappa shape index (κ3) is 2.76. The Kier molecular flexibility index (Phi) is 3.28. The van der Waals surface area contributed by atoms with Crippen LogP contribution in [-0.2, 0) is 0 Å². The van der Waals surface area contributed by atoms with Crippen LogP contribution in [0.4, 0.5) is 5.69 Å². The van der Waals surface area contributed by atoms with Gasteiger partial charge in [-0.05, 0) is 37.6 Å². The molecule has 4 N–H and O–H groups in total. The van der Waals surface area contributed by atoms with Crippen LogP contribution in [0.25, 0.3) is 0 Å². The van der Waals surface area contributed by atoms with Gasteiger partial charge < -0.3 is 11.1 Å². The molecule has 0 aliphatic rings. The van der Waals surface area contributed by atoms with Crippen molar-refractivity contribution in [1.82, 2.24) is 15.2 Å². The number of carbonyl (C=O) groups is 2. The molecule has 0 unspecified atom stereocenters. The van der Waals surface area contributed by atoms with Crippen molar-refractivity contribution in [2.45, 2.75) is 13.8 Å². The monoisotopic (exact) mass is 259 g/mol. The molecule has 0 aliphatic carbocycles. The smallest absolute Gasteiger partial charge is 0.295 e. The van der Waals surface area contributed by atoms with Gasteiger partial charge in [0.05, 0.1) is 0 Å². The zero-order chi connectivity index (χ0) is 14.0. The van der Waals surface area contributed by atoms with Crippen molar-refractivity contribution >= 4 is 17.5 Å². The van der Waals surface area contributed by atoms with Crippen molar-refractivity contribution in [3.05, 3.63) is 41.0 Å². The average Bonchev–Trinajstić information content (AvgIpc) is 2.78. The Morgan fingerprint density at radius 1 is 1.32 bits per heavy atom. The number of nitrogens with one attached hydrogen (secondary N) is 2. The molecule has 2 aromatic rings. The van der Waals surface area contributed by atoms with E-state index in [2.05, 4.69) is 20.5 Å². The minimum atomic E-state index is -0.509. The molecule has 0 bridgehead atoms. The van der Waals surface area contributed by atoms with E-state index in [0.29, 0.717) is 17.1 Å². The minimum absolute atomic E-state index is 0.0656. The molecule has 2 amide bonds. The van der Waals surface area contributed by atoms with E-state index >= 15 is 0 Å². The SMILES string of the molecule is Cc1nc(C(=O)Nc2ccc(C(N)=O)cc2C)n[nH]1. The maximum absolute atomic E-state index is 11.9. The standard InChI is InChI=1S/C12H13N5O2/c1-6-5-8(10(13)18)3-4-9(6)15-12(19)11-14-7(2)16-17-11/h3-5H,1-2H3,(H2,13,18)(H,15,19)(H,14,16,17). The molecule has 0 fully saturated rings. The molecular formula is C12H13N5O2. The van der Waals surface area contributed by atoms with Crippen LogP contribution in [0.3, 0.4) is 0 Å². The second kappa shape index (κ2) is 4.89. The van der Waals surface area contributed by atoms with Crippen LogP contribution in [0.2, 0.25) is 0 Å². The average molecular weight is 259 g/mol. The van der Waals surface area contributed by atoms with Crippen molar-refractivity contribution in [3.63, 3.8) is 0 Å². The van der Waals surface area contributed by atoms with Gasteiger partial charge in [0, 0.05) is 11.3 Å². The summed E-state index contributed by atoms with van der Waals surface area (Å²) in [4.78, 5) is 26.8. The molecule has 7 nitrogen and oxygen atoms in total. The number of primary amides is 1. The van der Waals surface area contributed by atoms with Gasteiger partial charge in [-0.15, -0.1) is 5.10 Å². The van der Waals surface area contributed by atoms with Crippen molar-refractivity contribution in [1.29, 1.82) is 0 Å². The lowest BCUT2D eigenvalue weighted by molar-refractivity contribution is 0.0997. The second-order valence-corrected chi connectivity index (χ2v) is 4.09. The highest BCUT2D eigenvalue weighted by atomic mass is 16.2. The van der Waals surface area contributed by atoms with Crippen LogP contribution in [0.1, 0.15) is 32.4 Å². The van der Waals surface area contributed by atoms with Gasteiger partial charge in [-0.3, -0.25) is 14.7 Å². The number of amides is 2. The molecule has 0 saturated carbocycles. The molecule has 1 heterocycles. The lowest BCUT2D eigenvalue weighted by Crippen LogP contribution is -2.16. The number of hydrogen-bond acceptors (Lipinski definition) is 4. The van der Waals surface area contributed by atoms with Gasteiger partial charge >= 0.3 is 0 Å². The Bertz CT molecular complexity index is 647. The predicted molar refractivity (Wildman–Crippen MR) is 68.8 cm³/mol. The topological polar surface area (TPSA) is 114 Å². The number of aryl methyl sites for hydroxylation is 2. The van der Waals surface area contributed by atoms with Crippen molar-refractivity contribution in [2.75, 3.05) is 5.32 Å². The van der Waals surface area contributed by atoms with Gasteiger partial charge in [-0.2, -0.15) is 0 Å². The number of anilines is 1. The fraction of sp³-hybridized carbons (Fsp3) is 0.167. The molecule has 0 spiro atoms. The third-order valence-corrected chi connectivity index (χ3v) is 2.56. The van der Waals surface area contributed by atoms with E-state index in [1.54, 1.807) is 32.0 Å². The van der Waals surface area contributed by atoms with Gasteiger partial charge in [0.15, 0.2) is 0 Å². The van der Waals surface area contributed by atoms with Crippen molar-refractivity contribution in [2.24, 2.45) is 5.73 Å². The summed E-state index contributed by atoms with van der Waals surface area (Å²) >= 11 is 0. The number of hydrogen-bond donors (Lipinski definition) is 3. The van der Waals surface area contributed by atoms with E-state index in [4.69, 9.17) is 5.73 Å². The Morgan fingerprint density at radius 2 is 2.05 bits per heavy atom. The van der Waals surface area contributed by atoms with Gasteiger partial charge in [0.25, 0.3) is 5.91 Å². The van der Waals surface area contributed by atoms with Crippen LogP contribution in [0, 0.1) is 13.8 Å². The highest BCUT2D eigenvalue weighted by Gasteiger charge is 2.13. The molecule has 0 aliphatic heterocycles. The number of aromatic amines is 1. The van der Waals surface area contributed by atoms with Crippen LogP contribution in [0.15, 0.2) is 18.2 Å². The number of nitrogens with two attached hydrogens (primary N) is 1. The molecule has 0 saturated heterocycles. The maximum Gasteiger partial charge on any atom is 0.295 e. The van der Waals surface area contributed by atoms with E-state index in [-0.39, 0.29) is 5.82 Å². The molecule has 0 radical (unpaired) electrons. The Labute approximate surface area is 109 Å². The first kappa shape index (κ1) is 12.7. The first-order chi connectivity index (χ1) is 8.97. The minimum Gasteiger partial charge on any atom is -0.366 e. The summed E-state index contributed by atoms with van der Waals surface area (Å²) < 4.78 is 0. The zero-order valence-electron chi connectivity index (χ0n) is 10.5. The first-order valence-corrected chi connectivity index (χ1v) is 5.58. The molecule has 19 heavy (non-hydrogen) atoms. The summed E-state index contributed by atoms with van der Waals surface area (Å²) in [5.41, 5.74) is 6.88. The number of benzene rings is 1. The van der Waals surface area contributed by atoms with Gasteiger partial charge in [0.1, 0.15) is 5.82 Å². The number of nitrogens with zero attached hydrogens (tertiary/aromatic N) is 2. The highest BCUT2D eigenvalue weighted by Crippen LogP contribution is 2.16. The van der Waals surface area contributed by atoms with E-state index < -0.39 is 11.8 Å². The highest BCUT2D eigenvalue weighted by molar-refractivity contribution is 6.02.